The van der Waals surface area contributed by atoms with Crippen molar-refractivity contribution in [1.82, 2.24) is 4.90 Å². The molecule has 0 aromatic heterocycles. The Hall–Kier alpha value is -0.860. The van der Waals surface area contributed by atoms with E-state index in [0.29, 0.717) is 6.04 Å². The Morgan fingerprint density at radius 2 is 1.52 bits per heavy atom. The first-order valence-corrected chi connectivity index (χ1v) is 8.68. The zero-order chi connectivity index (χ0) is 15.7. The summed E-state index contributed by atoms with van der Waals surface area (Å²) in [6.45, 7) is 11.3. The number of rotatable bonds is 10. The molecule has 21 heavy (non-hydrogen) atoms. The standard InChI is InChI=1S/C19H34N2/c1-5-8-15-21(16-9-6-2)17(4)19(20,7-3)18-13-11-10-12-14-18/h10-14,17H,5-9,15-16,20H2,1-4H3. The van der Waals surface area contributed by atoms with Gasteiger partial charge in [0.25, 0.3) is 0 Å². The second-order valence-electron chi connectivity index (χ2n) is 6.18. The van der Waals surface area contributed by atoms with Crippen molar-refractivity contribution in [2.45, 2.75) is 71.4 Å². The van der Waals surface area contributed by atoms with Crippen molar-refractivity contribution >= 4 is 0 Å². The van der Waals surface area contributed by atoms with Gasteiger partial charge in [-0.15, -0.1) is 0 Å². The van der Waals surface area contributed by atoms with E-state index in [1.165, 1.54) is 31.2 Å². The maximum absolute atomic E-state index is 6.86. The Morgan fingerprint density at radius 1 is 1.00 bits per heavy atom. The van der Waals surface area contributed by atoms with Crippen LogP contribution >= 0.6 is 0 Å². The van der Waals surface area contributed by atoms with Crippen LogP contribution in [0.3, 0.4) is 0 Å². The lowest BCUT2D eigenvalue weighted by Gasteiger charge is -2.42. The maximum atomic E-state index is 6.86. The molecular weight excluding hydrogens is 256 g/mol. The molecule has 0 aliphatic carbocycles. The van der Waals surface area contributed by atoms with E-state index in [1.54, 1.807) is 0 Å². The second-order valence-corrected chi connectivity index (χ2v) is 6.18. The number of hydrogen-bond donors (Lipinski definition) is 1. The molecule has 0 aliphatic rings. The number of benzene rings is 1. The van der Waals surface area contributed by atoms with Gasteiger partial charge >= 0.3 is 0 Å². The van der Waals surface area contributed by atoms with E-state index in [0.717, 1.165) is 19.5 Å². The molecule has 0 heterocycles. The summed E-state index contributed by atoms with van der Waals surface area (Å²) >= 11 is 0. The summed E-state index contributed by atoms with van der Waals surface area (Å²) in [5.41, 5.74) is 7.87. The van der Waals surface area contributed by atoms with Crippen LogP contribution in [-0.4, -0.2) is 24.0 Å². The predicted molar refractivity (Wildman–Crippen MR) is 93.4 cm³/mol. The second kappa shape index (κ2) is 9.22. The summed E-state index contributed by atoms with van der Waals surface area (Å²) < 4.78 is 0. The van der Waals surface area contributed by atoms with Crippen molar-refractivity contribution in [1.29, 1.82) is 0 Å². The van der Waals surface area contributed by atoms with Gasteiger partial charge in [-0.25, -0.2) is 0 Å². The first kappa shape index (κ1) is 18.2. The van der Waals surface area contributed by atoms with Crippen LogP contribution in [0.15, 0.2) is 30.3 Å². The first-order chi connectivity index (χ1) is 10.1. The van der Waals surface area contributed by atoms with Crippen molar-refractivity contribution < 1.29 is 0 Å². The summed E-state index contributed by atoms with van der Waals surface area (Å²) in [6.07, 6.45) is 5.95. The van der Waals surface area contributed by atoms with Gasteiger partial charge < -0.3 is 5.73 Å². The van der Waals surface area contributed by atoms with Crippen molar-refractivity contribution in [3.63, 3.8) is 0 Å². The molecule has 0 bridgehead atoms. The molecule has 0 aliphatic heterocycles. The fourth-order valence-corrected chi connectivity index (χ4v) is 3.04. The van der Waals surface area contributed by atoms with Crippen LogP contribution < -0.4 is 5.73 Å². The number of hydrogen-bond acceptors (Lipinski definition) is 2. The van der Waals surface area contributed by atoms with Gasteiger partial charge in [-0.1, -0.05) is 63.9 Å². The quantitative estimate of drug-likeness (QED) is 0.685. The Kier molecular flexibility index (Phi) is 7.98. The van der Waals surface area contributed by atoms with Crippen molar-refractivity contribution in [3.05, 3.63) is 35.9 Å². The lowest BCUT2D eigenvalue weighted by atomic mass is 9.81. The number of nitrogens with zero attached hydrogens (tertiary/aromatic N) is 1. The van der Waals surface area contributed by atoms with Gasteiger partial charge in [0.15, 0.2) is 0 Å². The molecule has 0 fully saturated rings. The highest BCUT2D eigenvalue weighted by Gasteiger charge is 2.35. The highest BCUT2D eigenvalue weighted by Crippen LogP contribution is 2.29. The third kappa shape index (κ3) is 4.82. The van der Waals surface area contributed by atoms with E-state index in [9.17, 15) is 0 Å². The molecule has 2 unspecified atom stereocenters. The minimum atomic E-state index is -0.261. The molecule has 2 atom stereocenters. The van der Waals surface area contributed by atoms with Gasteiger partial charge in [0.2, 0.25) is 0 Å². The fourth-order valence-electron chi connectivity index (χ4n) is 3.04. The van der Waals surface area contributed by atoms with Gasteiger partial charge in [0, 0.05) is 6.04 Å². The van der Waals surface area contributed by atoms with Crippen molar-refractivity contribution in [2.24, 2.45) is 5.73 Å². The van der Waals surface area contributed by atoms with Crippen LogP contribution in [0, 0.1) is 0 Å². The topological polar surface area (TPSA) is 29.3 Å². The van der Waals surface area contributed by atoms with Gasteiger partial charge in [-0.3, -0.25) is 4.90 Å². The summed E-state index contributed by atoms with van der Waals surface area (Å²) in [4.78, 5) is 2.60. The normalized spacial score (nSPS) is 15.9. The number of unbranched alkanes of at least 4 members (excludes halogenated alkanes) is 2. The summed E-state index contributed by atoms with van der Waals surface area (Å²) in [5, 5.41) is 0. The third-order valence-electron chi connectivity index (χ3n) is 4.79. The average molecular weight is 290 g/mol. The Bertz CT molecular complexity index is 368. The third-order valence-corrected chi connectivity index (χ3v) is 4.79. The minimum Gasteiger partial charge on any atom is -0.320 e. The predicted octanol–water partition coefficient (Wildman–Crippen LogP) is 4.54. The first-order valence-electron chi connectivity index (χ1n) is 8.68. The number of nitrogens with two attached hydrogens (primary N) is 1. The smallest absolute Gasteiger partial charge is 0.0561 e. The Morgan fingerprint density at radius 3 is 1.95 bits per heavy atom. The molecule has 1 aromatic rings. The lowest BCUT2D eigenvalue weighted by Crippen LogP contribution is -2.55. The molecule has 0 spiro atoms. The van der Waals surface area contributed by atoms with Crippen LogP contribution in [0.5, 0.6) is 0 Å². The van der Waals surface area contributed by atoms with Crippen LogP contribution in [0.25, 0.3) is 0 Å². The van der Waals surface area contributed by atoms with Crippen LogP contribution in [0.2, 0.25) is 0 Å². The summed E-state index contributed by atoms with van der Waals surface area (Å²) in [6, 6.07) is 11.0. The molecule has 1 aromatic carbocycles. The van der Waals surface area contributed by atoms with Crippen LogP contribution in [0.1, 0.15) is 65.4 Å². The maximum Gasteiger partial charge on any atom is 0.0561 e. The highest BCUT2D eigenvalue weighted by atomic mass is 15.2. The average Bonchev–Trinajstić information content (AvgIpc) is 2.54. The molecule has 0 amide bonds. The van der Waals surface area contributed by atoms with Gasteiger partial charge in [0.05, 0.1) is 5.54 Å². The molecular formula is C19H34N2. The Balaban J connectivity index is 2.93. The lowest BCUT2D eigenvalue weighted by molar-refractivity contribution is 0.123. The molecule has 1 rings (SSSR count). The van der Waals surface area contributed by atoms with Crippen molar-refractivity contribution in [3.8, 4) is 0 Å². The fraction of sp³-hybridized carbons (Fsp3) is 0.684. The van der Waals surface area contributed by atoms with Crippen LogP contribution in [-0.2, 0) is 5.54 Å². The van der Waals surface area contributed by atoms with E-state index in [-0.39, 0.29) is 5.54 Å². The summed E-state index contributed by atoms with van der Waals surface area (Å²) in [5.74, 6) is 0. The molecule has 120 valence electrons. The molecule has 0 radical (unpaired) electrons. The van der Waals surface area contributed by atoms with Crippen LogP contribution in [0.4, 0.5) is 0 Å². The van der Waals surface area contributed by atoms with Gasteiger partial charge in [0.1, 0.15) is 0 Å². The van der Waals surface area contributed by atoms with E-state index >= 15 is 0 Å². The molecule has 2 nitrogen and oxygen atoms in total. The summed E-state index contributed by atoms with van der Waals surface area (Å²) in [7, 11) is 0. The van der Waals surface area contributed by atoms with Gasteiger partial charge in [-0.05, 0) is 44.8 Å². The van der Waals surface area contributed by atoms with E-state index in [1.807, 2.05) is 0 Å². The minimum absolute atomic E-state index is 0.261. The molecule has 2 heteroatoms. The molecule has 2 N–H and O–H groups in total. The SMILES string of the molecule is CCCCN(CCCC)C(C)C(N)(CC)c1ccccc1. The monoisotopic (exact) mass is 290 g/mol. The molecule has 0 saturated carbocycles. The van der Waals surface area contributed by atoms with E-state index in [2.05, 4.69) is 62.9 Å². The van der Waals surface area contributed by atoms with Gasteiger partial charge in [-0.2, -0.15) is 0 Å². The zero-order valence-corrected chi connectivity index (χ0v) is 14.4. The van der Waals surface area contributed by atoms with Crippen molar-refractivity contribution in [2.75, 3.05) is 13.1 Å². The zero-order valence-electron chi connectivity index (χ0n) is 14.4. The van der Waals surface area contributed by atoms with E-state index in [4.69, 9.17) is 5.73 Å². The van der Waals surface area contributed by atoms with E-state index < -0.39 is 0 Å². The largest absolute Gasteiger partial charge is 0.320 e. The highest BCUT2D eigenvalue weighted by molar-refractivity contribution is 5.26. The molecule has 0 saturated heterocycles. The Labute approximate surface area is 131 Å².